The Morgan fingerprint density at radius 2 is 2.10 bits per heavy atom. The van der Waals surface area contributed by atoms with Crippen LogP contribution in [-0.4, -0.2) is 21.0 Å². The summed E-state index contributed by atoms with van der Waals surface area (Å²) in [6.45, 7) is 5.04. The zero-order valence-electron chi connectivity index (χ0n) is 12.5. The molecule has 21 heavy (non-hydrogen) atoms. The Labute approximate surface area is 126 Å². The number of sulfonamides is 1. The van der Waals surface area contributed by atoms with E-state index in [1.807, 2.05) is 6.92 Å². The molecule has 118 valence electrons. The van der Waals surface area contributed by atoms with Crippen LogP contribution in [0.15, 0.2) is 23.1 Å². The molecule has 0 saturated heterocycles. The van der Waals surface area contributed by atoms with E-state index in [1.54, 1.807) is 0 Å². The van der Waals surface area contributed by atoms with Gasteiger partial charge in [0.1, 0.15) is 5.82 Å². The van der Waals surface area contributed by atoms with Crippen LogP contribution in [0.3, 0.4) is 0 Å². The lowest BCUT2D eigenvalue weighted by Gasteiger charge is -2.09. The Bertz CT molecular complexity index is 589. The van der Waals surface area contributed by atoms with Crippen LogP contribution in [0.5, 0.6) is 0 Å². The fraction of sp³-hybridized carbons (Fsp3) is 0.600. The summed E-state index contributed by atoms with van der Waals surface area (Å²) in [5, 5.41) is 3.01. The van der Waals surface area contributed by atoms with Crippen LogP contribution < -0.4 is 10.0 Å². The minimum atomic E-state index is -3.56. The third-order valence-electron chi connectivity index (χ3n) is 3.78. The molecule has 0 radical (unpaired) electrons. The molecule has 2 N–H and O–H groups in total. The van der Waals surface area contributed by atoms with Gasteiger partial charge in [0.25, 0.3) is 0 Å². The summed E-state index contributed by atoms with van der Waals surface area (Å²) >= 11 is 0. The highest BCUT2D eigenvalue weighted by molar-refractivity contribution is 7.89. The predicted octanol–water partition coefficient (Wildman–Crippen LogP) is 2.40. The Balaban J connectivity index is 2.09. The van der Waals surface area contributed by atoms with E-state index in [1.165, 1.54) is 18.2 Å². The molecule has 1 aliphatic carbocycles. The summed E-state index contributed by atoms with van der Waals surface area (Å²) in [7, 11) is -3.56. The van der Waals surface area contributed by atoms with Crippen molar-refractivity contribution in [3.05, 3.63) is 29.6 Å². The molecule has 2 atom stereocenters. The first-order chi connectivity index (χ1) is 9.97. The average molecular weight is 314 g/mol. The van der Waals surface area contributed by atoms with E-state index >= 15 is 0 Å². The van der Waals surface area contributed by atoms with Gasteiger partial charge in [-0.05, 0) is 43.5 Å². The summed E-state index contributed by atoms with van der Waals surface area (Å²) in [5.74, 6) is 0.0663. The quantitative estimate of drug-likeness (QED) is 0.774. The van der Waals surface area contributed by atoms with E-state index in [2.05, 4.69) is 17.0 Å². The van der Waals surface area contributed by atoms with Crippen LogP contribution in [0, 0.1) is 11.7 Å². The van der Waals surface area contributed by atoms with Gasteiger partial charge in [-0.3, -0.25) is 0 Å². The summed E-state index contributed by atoms with van der Waals surface area (Å²) in [6, 6.07) is 4.00. The molecule has 4 nitrogen and oxygen atoms in total. The maximum absolute atomic E-state index is 13.7. The maximum atomic E-state index is 13.7. The molecule has 1 fully saturated rings. The summed E-state index contributed by atoms with van der Waals surface area (Å²) in [5.41, 5.74) is 0.376. The molecule has 6 heteroatoms. The summed E-state index contributed by atoms with van der Waals surface area (Å²) in [6.07, 6.45) is 3.01. The van der Waals surface area contributed by atoms with Gasteiger partial charge in [-0.15, -0.1) is 0 Å². The number of halogens is 1. The lowest BCUT2D eigenvalue weighted by atomic mass is 10.2. The normalized spacial score (nSPS) is 21.5. The number of nitrogens with one attached hydrogen (secondary N) is 2. The van der Waals surface area contributed by atoms with Crippen molar-refractivity contribution >= 4 is 10.0 Å². The molecule has 0 spiro atoms. The highest BCUT2D eigenvalue weighted by atomic mass is 32.2. The van der Waals surface area contributed by atoms with Crippen LogP contribution in [0.25, 0.3) is 0 Å². The van der Waals surface area contributed by atoms with Crippen molar-refractivity contribution in [3.8, 4) is 0 Å². The molecule has 0 aromatic heterocycles. The largest absolute Gasteiger partial charge is 0.313 e. The maximum Gasteiger partial charge on any atom is 0.240 e. The van der Waals surface area contributed by atoms with Gasteiger partial charge in [0, 0.05) is 18.2 Å². The number of rotatable bonds is 8. The molecule has 0 heterocycles. The third-order valence-corrected chi connectivity index (χ3v) is 5.27. The zero-order valence-corrected chi connectivity index (χ0v) is 13.3. The second-order valence-corrected chi connectivity index (χ2v) is 7.26. The molecule has 0 bridgehead atoms. The Morgan fingerprint density at radius 3 is 2.76 bits per heavy atom. The number of hydrogen-bond donors (Lipinski definition) is 2. The fourth-order valence-corrected chi connectivity index (χ4v) is 3.83. The summed E-state index contributed by atoms with van der Waals surface area (Å²) in [4.78, 5) is 0.138. The molecule has 1 aliphatic rings. The van der Waals surface area contributed by atoms with Gasteiger partial charge in [-0.2, -0.15) is 0 Å². The molecule has 0 amide bonds. The average Bonchev–Trinajstić information content (AvgIpc) is 3.15. The SMILES string of the molecule is CCCC1CC1NS(=O)(=O)c1ccc(F)c(CNCC)c1. The standard InChI is InChI=1S/C15H23FN2O2S/c1-3-5-11-9-15(11)18-21(19,20)13-6-7-14(16)12(8-13)10-17-4-2/h6-8,11,15,17-18H,3-5,9-10H2,1-2H3. The van der Waals surface area contributed by atoms with E-state index in [9.17, 15) is 12.8 Å². The van der Waals surface area contributed by atoms with Gasteiger partial charge in [-0.1, -0.05) is 20.3 Å². The van der Waals surface area contributed by atoms with Gasteiger partial charge in [0.05, 0.1) is 4.90 Å². The van der Waals surface area contributed by atoms with Gasteiger partial charge in [-0.25, -0.2) is 17.5 Å². The third kappa shape index (κ3) is 4.25. The van der Waals surface area contributed by atoms with E-state index in [0.29, 0.717) is 24.6 Å². The molecular weight excluding hydrogens is 291 g/mol. The van der Waals surface area contributed by atoms with Crippen LogP contribution >= 0.6 is 0 Å². The Hall–Kier alpha value is -0.980. The van der Waals surface area contributed by atoms with Crippen LogP contribution in [0.1, 0.15) is 38.7 Å². The van der Waals surface area contributed by atoms with E-state index in [4.69, 9.17) is 0 Å². The van der Waals surface area contributed by atoms with Crippen molar-refractivity contribution in [2.45, 2.75) is 50.6 Å². The molecule has 1 aromatic carbocycles. The minimum absolute atomic E-state index is 0.0391. The Morgan fingerprint density at radius 1 is 1.33 bits per heavy atom. The minimum Gasteiger partial charge on any atom is -0.313 e. The van der Waals surface area contributed by atoms with Gasteiger partial charge < -0.3 is 5.32 Å². The van der Waals surface area contributed by atoms with E-state index in [0.717, 1.165) is 19.3 Å². The van der Waals surface area contributed by atoms with Crippen molar-refractivity contribution in [1.29, 1.82) is 0 Å². The summed E-state index contributed by atoms with van der Waals surface area (Å²) < 4.78 is 41.0. The second-order valence-electron chi connectivity index (χ2n) is 5.55. The van der Waals surface area contributed by atoms with Crippen molar-refractivity contribution in [1.82, 2.24) is 10.0 Å². The molecular formula is C15H23FN2O2S. The first-order valence-corrected chi connectivity index (χ1v) is 8.97. The van der Waals surface area contributed by atoms with Crippen molar-refractivity contribution in [2.24, 2.45) is 5.92 Å². The topological polar surface area (TPSA) is 58.2 Å². The first-order valence-electron chi connectivity index (χ1n) is 7.49. The monoisotopic (exact) mass is 314 g/mol. The van der Waals surface area contributed by atoms with E-state index in [-0.39, 0.29) is 16.8 Å². The fourth-order valence-electron chi connectivity index (χ4n) is 2.46. The number of hydrogen-bond acceptors (Lipinski definition) is 3. The van der Waals surface area contributed by atoms with Gasteiger partial charge >= 0.3 is 0 Å². The first kappa shape index (κ1) is 16.4. The molecule has 1 saturated carbocycles. The second kappa shape index (κ2) is 6.85. The Kier molecular flexibility index (Phi) is 5.35. The molecule has 2 rings (SSSR count). The van der Waals surface area contributed by atoms with Gasteiger partial charge in [0.15, 0.2) is 0 Å². The van der Waals surface area contributed by atoms with Crippen molar-refractivity contribution in [2.75, 3.05) is 6.54 Å². The zero-order chi connectivity index (χ0) is 15.5. The highest BCUT2D eigenvalue weighted by Gasteiger charge is 2.39. The molecule has 2 unspecified atom stereocenters. The molecule has 0 aliphatic heterocycles. The smallest absolute Gasteiger partial charge is 0.240 e. The van der Waals surface area contributed by atoms with Crippen LogP contribution in [0.2, 0.25) is 0 Å². The molecule has 1 aromatic rings. The van der Waals surface area contributed by atoms with Crippen LogP contribution in [0.4, 0.5) is 4.39 Å². The van der Waals surface area contributed by atoms with Crippen LogP contribution in [-0.2, 0) is 16.6 Å². The highest BCUT2D eigenvalue weighted by Crippen LogP contribution is 2.35. The van der Waals surface area contributed by atoms with Gasteiger partial charge in [0.2, 0.25) is 10.0 Å². The van der Waals surface area contributed by atoms with E-state index < -0.39 is 10.0 Å². The lowest BCUT2D eigenvalue weighted by Crippen LogP contribution is -2.27. The van der Waals surface area contributed by atoms with Crippen molar-refractivity contribution < 1.29 is 12.8 Å². The van der Waals surface area contributed by atoms with Crippen molar-refractivity contribution in [3.63, 3.8) is 0 Å². The number of benzene rings is 1. The lowest BCUT2D eigenvalue weighted by molar-refractivity contribution is 0.569. The predicted molar refractivity (Wildman–Crippen MR) is 80.9 cm³/mol.